The SMILES string of the molecule is Cc1cccc(OCC(=O)N2CCC3(CCc4ccccc4O3)CC2)c1. The number of fused-ring (bicyclic) bond motifs is 1. The molecule has 0 saturated carbocycles. The topological polar surface area (TPSA) is 38.8 Å². The molecule has 2 aromatic rings. The normalized spacial score (nSPS) is 18.1. The molecule has 136 valence electrons. The zero-order chi connectivity index (χ0) is 18.0. The Morgan fingerprint density at radius 3 is 2.73 bits per heavy atom. The first-order valence-electron chi connectivity index (χ1n) is 9.38. The second-order valence-electron chi connectivity index (χ2n) is 7.38. The molecule has 2 aliphatic rings. The number of carbonyl (C=O) groups is 1. The number of para-hydroxylation sites is 1. The molecule has 0 radical (unpaired) electrons. The molecule has 1 spiro atoms. The Bertz CT molecular complexity index is 793. The van der Waals surface area contributed by atoms with Crippen molar-refractivity contribution in [2.24, 2.45) is 0 Å². The van der Waals surface area contributed by atoms with Crippen LogP contribution in [0.15, 0.2) is 48.5 Å². The van der Waals surface area contributed by atoms with Gasteiger partial charge in [-0.05, 0) is 49.1 Å². The molecule has 0 atom stereocenters. The van der Waals surface area contributed by atoms with Gasteiger partial charge in [0.15, 0.2) is 6.61 Å². The van der Waals surface area contributed by atoms with Gasteiger partial charge in [0, 0.05) is 25.9 Å². The van der Waals surface area contributed by atoms with Crippen LogP contribution < -0.4 is 9.47 Å². The summed E-state index contributed by atoms with van der Waals surface area (Å²) in [7, 11) is 0. The predicted octanol–water partition coefficient (Wildman–Crippen LogP) is 3.76. The van der Waals surface area contributed by atoms with E-state index in [9.17, 15) is 4.79 Å². The summed E-state index contributed by atoms with van der Waals surface area (Å²) in [5.74, 6) is 1.82. The minimum Gasteiger partial charge on any atom is -0.487 e. The number of hydrogen-bond donors (Lipinski definition) is 0. The third-order valence-corrected chi connectivity index (χ3v) is 5.53. The maximum atomic E-state index is 12.5. The van der Waals surface area contributed by atoms with E-state index in [4.69, 9.17) is 9.47 Å². The second-order valence-corrected chi connectivity index (χ2v) is 7.38. The molecule has 26 heavy (non-hydrogen) atoms. The summed E-state index contributed by atoms with van der Waals surface area (Å²) in [6, 6.07) is 16.1. The number of ether oxygens (including phenoxy) is 2. The van der Waals surface area contributed by atoms with Crippen LogP contribution in [0.3, 0.4) is 0 Å². The van der Waals surface area contributed by atoms with E-state index in [1.807, 2.05) is 42.2 Å². The molecular weight excluding hydrogens is 326 g/mol. The average Bonchev–Trinajstić information content (AvgIpc) is 2.67. The first kappa shape index (κ1) is 17.0. The number of amides is 1. The fourth-order valence-corrected chi connectivity index (χ4v) is 3.91. The van der Waals surface area contributed by atoms with Gasteiger partial charge in [-0.25, -0.2) is 0 Å². The van der Waals surface area contributed by atoms with Crippen molar-refractivity contribution in [3.05, 3.63) is 59.7 Å². The highest BCUT2D eigenvalue weighted by atomic mass is 16.5. The van der Waals surface area contributed by atoms with Crippen LogP contribution in [0.5, 0.6) is 11.5 Å². The Morgan fingerprint density at radius 2 is 1.92 bits per heavy atom. The van der Waals surface area contributed by atoms with Gasteiger partial charge >= 0.3 is 0 Å². The molecule has 0 aliphatic carbocycles. The number of benzene rings is 2. The van der Waals surface area contributed by atoms with E-state index in [1.54, 1.807) is 0 Å². The van der Waals surface area contributed by atoms with Crippen molar-refractivity contribution >= 4 is 5.91 Å². The molecule has 0 unspecified atom stereocenters. The Labute approximate surface area is 154 Å². The molecule has 1 amide bonds. The molecule has 1 fully saturated rings. The van der Waals surface area contributed by atoms with E-state index in [0.29, 0.717) is 0 Å². The molecule has 2 aromatic carbocycles. The van der Waals surface area contributed by atoms with Crippen LogP contribution >= 0.6 is 0 Å². The lowest BCUT2D eigenvalue weighted by Gasteiger charge is -2.44. The van der Waals surface area contributed by atoms with Crippen molar-refractivity contribution in [3.63, 3.8) is 0 Å². The van der Waals surface area contributed by atoms with Crippen LogP contribution in [0.4, 0.5) is 0 Å². The van der Waals surface area contributed by atoms with E-state index in [-0.39, 0.29) is 18.1 Å². The molecule has 0 bridgehead atoms. The average molecular weight is 351 g/mol. The fourth-order valence-electron chi connectivity index (χ4n) is 3.91. The van der Waals surface area contributed by atoms with Gasteiger partial charge < -0.3 is 14.4 Å². The molecule has 1 saturated heterocycles. The summed E-state index contributed by atoms with van der Waals surface area (Å²) in [6.07, 6.45) is 3.86. The minimum atomic E-state index is -0.109. The highest BCUT2D eigenvalue weighted by Gasteiger charge is 2.40. The zero-order valence-electron chi connectivity index (χ0n) is 15.2. The third-order valence-electron chi connectivity index (χ3n) is 5.53. The summed E-state index contributed by atoms with van der Waals surface area (Å²) in [5.41, 5.74) is 2.32. The van der Waals surface area contributed by atoms with Crippen molar-refractivity contribution < 1.29 is 14.3 Å². The van der Waals surface area contributed by atoms with Crippen LogP contribution in [-0.2, 0) is 11.2 Å². The maximum absolute atomic E-state index is 12.5. The van der Waals surface area contributed by atoms with Crippen molar-refractivity contribution in [2.75, 3.05) is 19.7 Å². The van der Waals surface area contributed by atoms with Crippen molar-refractivity contribution in [2.45, 2.75) is 38.2 Å². The zero-order valence-corrected chi connectivity index (χ0v) is 15.2. The van der Waals surface area contributed by atoms with Crippen LogP contribution in [0.1, 0.15) is 30.4 Å². The Morgan fingerprint density at radius 1 is 1.12 bits per heavy atom. The van der Waals surface area contributed by atoms with Gasteiger partial charge in [0.05, 0.1) is 0 Å². The summed E-state index contributed by atoms with van der Waals surface area (Å²) in [6.45, 7) is 3.58. The smallest absolute Gasteiger partial charge is 0.260 e. The molecule has 4 rings (SSSR count). The number of rotatable bonds is 3. The van der Waals surface area contributed by atoms with E-state index in [0.717, 1.165) is 55.8 Å². The third kappa shape index (κ3) is 3.55. The van der Waals surface area contributed by atoms with Crippen LogP contribution in [0.25, 0.3) is 0 Å². The molecular formula is C22H25NO3. The molecule has 0 aromatic heterocycles. The number of aryl methyl sites for hydroxylation is 2. The number of carbonyl (C=O) groups excluding carboxylic acids is 1. The quantitative estimate of drug-likeness (QED) is 0.845. The summed E-state index contributed by atoms with van der Waals surface area (Å²) in [4.78, 5) is 14.4. The van der Waals surface area contributed by atoms with E-state index in [2.05, 4.69) is 18.2 Å². The van der Waals surface area contributed by atoms with Crippen LogP contribution in [0, 0.1) is 6.92 Å². The van der Waals surface area contributed by atoms with Crippen molar-refractivity contribution in [3.8, 4) is 11.5 Å². The molecule has 4 nitrogen and oxygen atoms in total. The lowest BCUT2D eigenvalue weighted by Crippen LogP contribution is -2.52. The summed E-state index contributed by atoms with van der Waals surface area (Å²) < 4.78 is 12.0. The number of nitrogens with zero attached hydrogens (tertiary/aromatic N) is 1. The van der Waals surface area contributed by atoms with Gasteiger partial charge in [-0.15, -0.1) is 0 Å². The Kier molecular flexibility index (Phi) is 4.58. The van der Waals surface area contributed by atoms with Gasteiger partial charge in [0.2, 0.25) is 0 Å². The lowest BCUT2D eigenvalue weighted by molar-refractivity contribution is -0.137. The van der Waals surface area contributed by atoms with Crippen LogP contribution in [-0.4, -0.2) is 36.1 Å². The molecule has 2 heterocycles. The molecule has 4 heteroatoms. The first-order chi connectivity index (χ1) is 12.6. The van der Waals surface area contributed by atoms with Gasteiger partial charge in [-0.3, -0.25) is 4.79 Å². The maximum Gasteiger partial charge on any atom is 0.260 e. The highest BCUT2D eigenvalue weighted by Crippen LogP contribution is 2.39. The minimum absolute atomic E-state index is 0.0533. The fraction of sp³-hybridized carbons (Fsp3) is 0.409. The highest BCUT2D eigenvalue weighted by molar-refractivity contribution is 5.77. The lowest BCUT2D eigenvalue weighted by atomic mass is 9.83. The predicted molar refractivity (Wildman–Crippen MR) is 101 cm³/mol. The van der Waals surface area contributed by atoms with E-state index < -0.39 is 0 Å². The van der Waals surface area contributed by atoms with Gasteiger partial charge in [-0.1, -0.05) is 30.3 Å². The van der Waals surface area contributed by atoms with Crippen LogP contribution in [0.2, 0.25) is 0 Å². The second kappa shape index (κ2) is 7.02. The summed E-state index contributed by atoms with van der Waals surface area (Å²) in [5, 5.41) is 0. The monoisotopic (exact) mass is 351 g/mol. The largest absolute Gasteiger partial charge is 0.487 e. The van der Waals surface area contributed by atoms with E-state index >= 15 is 0 Å². The Balaban J connectivity index is 1.31. The van der Waals surface area contributed by atoms with Crippen molar-refractivity contribution in [1.29, 1.82) is 0 Å². The van der Waals surface area contributed by atoms with Gasteiger partial charge in [0.25, 0.3) is 5.91 Å². The van der Waals surface area contributed by atoms with Gasteiger partial charge in [-0.2, -0.15) is 0 Å². The van der Waals surface area contributed by atoms with E-state index in [1.165, 1.54) is 5.56 Å². The van der Waals surface area contributed by atoms with Gasteiger partial charge in [0.1, 0.15) is 17.1 Å². The number of piperidine rings is 1. The number of likely N-dealkylation sites (tertiary alicyclic amines) is 1. The number of hydrogen-bond acceptors (Lipinski definition) is 3. The van der Waals surface area contributed by atoms with Crippen molar-refractivity contribution in [1.82, 2.24) is 4.90 Å². The molecule has 2 aliphatic heterocycles. The first-order valence-corrected chi connectivity index (χ1v) is 9.38. The Hall–Kier alpha value is -2.49. The standard InChI is InChI=1S/C22H25NO3/c1-17-5-4-7-19(15-17)25-16-21(24)23-13-11-22(12-14-23)10-9-18-6-2-3-8-20(18)26-22/h2-8,15H,9-14,16H2,1H3. The molecule has 0 N–H and O–H groups in total. The summed E-state index contributed by atoms with van der Waals surface area (Å²) >= 11 is 0.